The van der Waals surface area contributed by atoms with E-state index in [1.165, 1.54) is 5.56 Å². The van der Waals surface area contributed by atoms with Gasteiger partial charge >= 0.3 is 0 Å². The van der Waals surface area contributed by atoms with Gasteiger partial charge in [0.1, 0.15) is 0 Å². The van der Waals surface area contributed by atoms with Crippen LogP contribution in [-0.4, -0.2) is 13.1 Å². The molecule has 2 heteroatoms. The summed E-state index contributed by atoms with van der Waals surface area (Å²) in [5.41, 5.74) is 2.46. The molecule has 0 spiro atoms. The number of halogens is 1. The van der Waals surface area contributed by atoms with Crippen molar-refractivity contribution in [3.05, 3.63) is 47.0 Å². The van der Waals surface area contributed by atoms with Gasteiger partial charge < -0.3 is 5.32 Å². The third kappa shape index (κ3) is 3.99. The maximum absolute atomic E-state index is 6.11. The Balaban J connectivity index is 2.49. The summed E-state index contributed by atoms with van der Waals surface area (Å²) in [6.07, 6.45) is 3.00. The van der Waals surface area contributed by atoms with Gasteiger partial charge in [0.2, 0.25) is 0 Å². The predicted octanol–water partition coefficient (Wildman–Crippen LogP) is 3.92. The van der Waals surface area contributed by atoms with E-state index in [2.05, 4.69) is 37.0 Å². The molecule has 1 aromatic rings. The number of benzene rings is 1. The monoisotopic (exact) mass is 237 g/mol. The first-order valence-corrected chi connectivity index (χ1v) is 6.10. The number of rotatable bonds is 6. The second kappa shape index (κ2) is 6.72. The first-order chi connectivity index (χ1) is 7.65. The van der Waals surface area contributed by atoms with Crippen molar-refractivity contribution >= 4 is 11.6 Å². The molecule has 0 aromatic heterocycles. The zero-order valence-electron chi connectivity index (χ0n) is 10.1. The minimum Gasteiger partial charge on any atom is -0.313 e. The molecular formula is C14H20ClN. The molecule has 0 saturated heterocycles. The Labute approximate surface area is 104 Å². The van der Waals surface area contributed by atoms with Crippen molar-refractivity contribution in [3.8, 4) is 0 Å². The Bertz CT molecular complexity index is 347. The summed E-state index contributed by atoms with van der Waals surface area (Å²) in [7, 11) is 0. The van der Waals surface area contributed by atoms with Crippen molar-refractivity contribution in [2.75, 3.05) is 13.1 Å². The van der Waals surface area contributed by atoms with Gasteiger partial charge in [-0.05, 0) is 43.0 Å². The van der Waals surface area contributed by atoms with E-state index in [0.29, 0.717) is 5.92 Å². The maximum atomic E-state index is 6.11. The highest BCUT2D eigenvalue weighted by Crippen LogP contribution is 2.24. The van der Waals surface area contributed by atoms with E-state index in [9.17, 15) is 0 Å². The Hall–Kier alpha value is -0.790. The van der Waals surface area contributed by atoms with Gasteiger partial charge in [0.25, 0.3) is 0 Å². The van der Waals surface area contributed by atoms with Gasteiger partial charge in [0, 0.05) is 11.6 Å². The van der Waals surface area contributed by atoms with Crippen LogP contribution in [0.2, 0.25) is 5.02 Å². The Morgan fingerprint density at radius 3 is 2.88 bits per heavy atom. The first kappa shape index (κ1) is 13.3. The second-order valence-corrected chi connectivity index (χ2v) is 4.60. The van der Waals surface area contributed by atoms with Crippen molar-refractivity contribution in [1.82, 2.24) is 5.32 Å². The van der Waals surface area contributed by atoms with E-state index in [0.717, 1.165) is 30.1 Å². The Morgan fingerprint density at radius 1 is 1.50 bits per heavy atom. The number of aryl methyl sites for hydroxylation is 1. The minimum absolute atomic E-state index is 0.537. The fourth-order valence-electron chi connectivity index (χ4n) is 1.60. The molecule has 0 bridgehead atoms. The molecule has 0 aliphatic carbocycles. The Kier molecular flexibility index (Phi) is 5.58. The molecule has 1 rings (SSSR count). The van der Waals surface area contributed by atoms with Crippen molar-refractivity contribution in [2.45, 2.75) is 26.2 Å². The molecule has 1 nitrogen and oxygen atoms in total. The molecule has 0 amide bonds. The SMILES string of the molecule is C=CCNCCC(C)c1ccc(C)c(Cl)c1. The van der Waals surface area contributed by atoms with Crippen LogP contribution in [0, 0.1) is 6.92 Å². The van der Waals surface area contributed by atoms with Crippen molar-refractivity contribution in [1.29, 1.82) is 0 Å². The zero-order valence-corrected chi connectivity index (χ0v) is 10.8. The van der Waals surface area contributed by atoms with Crippen LogP contribution in [0.5, 0.6) is 0 Å². The first-order valence-electron chi connectivity index (χ1n) is 5.72. The molecule has 1 unspecified atom stereocenters. The average molecular weight is 238 g/mol. The summed E-state index contributed by atoms with van der Waals surface area (Å²) < 4.78 is 0. The highest BCUT2D eigenvalue weighted by atomic mass is 35.5. The van der Waals surface area contributed by atoms with Crippen LogP contribution >= 0.6 is 11.6 Å². The smallest absolute Gasteiger partial charge is 0.0438 e. The summed E-state index contributed by atoms with van der Waals surface area (Å²) in [4.78, 5) is 0. The molecule has 16 heavy (non-hydrogen) atoms. The maximum Gasteiger partial charge on any atom is 0.0438 e. The van der Waals surface area contributed by atoms with Gasteiger partial charge in [-0.25, -0.2) is 0 Å². The molecule has 0 aliphatic heterocycles. The number of hydrogen-bond acceptors (Lipinski definition) is 1. The van der Waals surface area contributed by atoms with E-state index in [1.54, 1.807) is 0 Å². The van der Waals surface area contributed by atoms with Gasteiger partial charge in [-0.15, -0.1) is 6.58 Å². The lowest BCUT2D eigenvalue weighted by Crippen LogP contribution is -2.16. The van der Waals surface area contributed by atoms with Gasteiger partial charge in [-0.1, -0.05) is 36.7 Å². The van der Waals surface area contributed by atoms with E-state index >= 15 is 0 Å². The van der Waals surface area contributed by atoms with Crippen molar-refractivity contribution in [2.24, 2.45) is 0 Å². The van der Waals surface area contributed by atoms with Crippen LogP contribution in [0.4, 0.5) is 0 Å². The van der Waals surface area contributed by atoms with E-state index in [4.69, 9.17) is 11.6 Å². The quantitative estimate of drug-likeness (QED) is 0.584. The molecule has 0 saturated carbocycles. The predicted molar refractivity (Wildman–Crippen MR) is 72.3 cm³/mol. The van der Waals surface area contributed by atoms with Crippen LogP contribution in [0.15, 0.2) is 30.9 Å². The molecule has 1 N–H and O–H groups in total. The lowest BCUT2D eigenvalue weighted by molar-refractivity contribution is 0.619. The fourth-order valence-corrected chi connectivity index (χ4v) is 1.79. The van der Waals surface area contributed by atoms with E-state index in [-0.39, 0.29) is 0 Å². The lowest BCUT2D eigenvalue weighted by Gasteiger charge is -2.13. The van der Waals surface area contributed by atoms with Gasteiger partial charge in [-0.2, -0.15) is 0 Å². The third-order valence-corrected chi connectivity index (χ3v) is 3.21. The molecule has 88 valence electrons. The van der Waals surface area contributed by atoms with E-state index in [1.807, 2.05) is 13.0 Å². The molecule has 1 aromatic carbocycles. The van der Waals surface area contributed by atoms with Gasteiger partial charge in [-0.3, -0.25) is 0 Å². The normalized spacial score (nSPS) is 12.4. The topological polar surface area (TPSA) is 12.0 Å². The summed E-state index contributed by atoms with van der Waals surface area (Å²) in [6, 6.07) is 6.33. The average Bonchev–Trinajstić information content (AvgIpc) is 2.28. The van der Waals surface area contributed by atoms with Crippen LogP contribution in [0.1, 0.15) is 30.4 Å². The molecular weight excluding hydrogens is 218 g/mol. The van der Waals surface area contributed by atoms with Crippen LogP contribution in [-0.2, 0) is 0 Å². The largest absolute Gasteiger partial charge is 0.313 e. The summed E-state index contributed by atoms with van der Waals surface area (Å²) in [6.45, 7) is 9.83. The summed E-state index contributed by atoms with van der Waals surface area (Å²) in [5, 5.41) is 4.17. The highest BCUT2D eigenvalue weighted by molar-refractivity contribution is 6.31. The molecule has 0 fully saturated rings. The zero-order chi connectivity index (χ0) is 12.0. The minimum atomic E-state index is 0.537. The Morgan fingerprint density at radius 2 is 2.25 bits per heavy atom. The second-order valence-electron chi connectivity index (χ2n) is 4.19. The molecule has 0 heterocycles. The standard InChI is InChI=1S/C14H20ClN/c1-4-8-16-9-7-11(2)13-6-5-12(3)14(15)10-13/h4-6,10-11,16H,1,7-9H2,2-3H3. The van der Waals surface area contributed by atoms with Gasteiger partial charge in [0.05, 0.1) is 0 Å². The van der Waals surface area contributed by atoms with Gasteiger partial charge in [0.15, 0.2) is 0 Å². The highest BCUT2D eigenvalue weighted by Gasteiger charge is 2.06. The van der Waals surface area contributed by atoms with Crippen LogP contribution < -0.4 is 5.32 Å². The molecule has 1 atom stereocenters. The molecule has 0 aliphatic rings. The molecule has 0 radical (unpaired) electrons. The summed E-state index contributed by atoms with van der Waals surface area (Å²) in [5.74, 6) is 0.537. The third-order valence-electron chi connectivity index (χ3n) is 2.81. The van der Waals surface area contributed by atoms with Crippen LogP contribution in [0.25, 0.3) is 0 Å². The lowest BCUT2D eigenvalue weighted by atomic mass is 9.97. The van der Waals surface area contributed by atoms with Crippen molar-refractivity contribution < 1.29 is 0 Å². The number of nitrogens with one attached hydrogen (secondary N) is 1. The number of hydrogen-bond donors (Lipinski definition) is 1. The van der Waals surface area contributed by atoms with Crippen LogP contribution in [0.3, 0.4) is 0 Å². The fraction of sp³-hybridized carbons (Fsp3) is 0.429. The van der Waals surface area contributed by atoms with Crippen molar-refractivity contribution in [3.63, 3.8) is 0 Å². The van der Waals surface area contributed by atoms with E-state index < -0.39 is 0 Å². The summed E-state index contributed by atoms with van der Waals surface area (Å²) >= 11 is 6.11.